The molecule has 2 aromatic heterocycles. The fourth-order valence-electron chi connectivity index (χ4n) is 4.67. The van der Waals surface area contributed by atoms with Crippen LogP contribution in [0.3, 0.4) is 0 Å². The van der Waals surface area contributed by atoms with E-state index < -0.39 is 5.97 Å². The summed E-state index contributed by atoms with van der Waals surface area (Å²) in [4.78, 5) is 29.7. The molecule has 2 heterocycles. The van der Waals surface area contributed by atoms with Crippen molar-refractivity contribution in [3.05, 3.63) is 119 Å². The number of esters is 1. The van der Waals surface area contributed by atoms with Crippen LogP contribution in [-0.4, -0.2) is 26.4 Å². The lowest BCUT2D eigenvalue weighted by atomic mass is 9.92. The number of nitrogens with zero attached hydrogens (tertiary/aromatic N) is 2. The van der Waals surface area contributed by atoms with E-state index >= 15 is 0 Å². The number of pyridine rings is 1. The van der Waals surface area contributed by atoms with Gasteiger partial charge in [-0.25, -0.2) is 9.78 Å². The molecule has 5 rings (SSSR count). The van der Waals surface area contributed by atoms with Crippen LogP contribution in [0, 0.1) is 6.92 Å². The van der Waals surface area contributed by atoms with Gasteiger partial charge in [0.05, 0.1) is 23.4 Å². The lowest BCUT2D eigenvalue weighted by Gasteiger charge is -2.13. The standard InChI is InChI=1S/C32H28N2O4/c1-3-25-19-34-26(15-13-21(2)31(34)33-25)20-38-30(35)18-23-11-7-8-12-27(23)24-14-16-28(29(17-24)32(36)37)22-9-5-4-6-10-22/h4-17,19H,3,18,20H2,1-2H3,(H,36,37). The van der Waals surface area contributed by atoms with Gasteiger partial charge in [-0.05, 0) is 58.9 Å². The van der Waals surface area contributed by atoms with Gasteiger partial charge in [0.1, 0.15) is 12.3 Å². The van der Waals surface area contributed by atoms with Crippen LogP contribution in [0.2, 0.25) is 0 Å². The first-order valence-corrected chi connectivity index (χ1v) is 12.6. The Morgan fingerprint density at radius 3 is 2.42 bits per heavy atom. The van der Waals surface area contributed by atoms with Gasteiger partial charge in [0.2, 0.25) is 0 Å². The van der Waals surface area contributed by atoms with E-state index in [0.717, 1.165) is 51.3 Å². The third-order valence-corrected chi connectivity index (χ3v) is 6.68. The zero-order valence-electron chi connectivity index (χ0n) is 21.3. The Morgan fingerprint density at radius 1 is 0.895 bits per heavy atom. The van der Waals surface area contributed by atoms with Gasteiger partial charge in [-0.3, -0.25) is 4.79 Å². The summed E-state index contributed by atoms with van der Waals surface area (Å²) >= 11 is 0. The van der Waals surface area contributed by atoms with Gasteiger partial charge >= 0.3 is 11.9 Å². The van der Waals surface area contributed by atoms with Crippen LogP contribution in [0.1, 0.15) is 39.8 Å². The molecule has 0 radical (unpaired) electrons. The zero-order chi connectivity index (χ0) is 26.6. The number of fused-ring (bicyclic) bond motifs is 1. The van der Waals surface area contributed by atoms with Crippen molar-refractivity contribution >= 4 is 17.6 Å². The molecule has 0 aliphatic carbocycles. The number of rotatable bonds is 8. The number of aromatic nitrogens is 2. The van der Waals surface area contributed by atoms with Gasteiger partial charge < -0.3 is 14.2 Å². The molecule has 6 heteroatoms. The third kappa shape index (κ3) is 5.06. The quantitative estimate of drug-likeness (QED) is 0.243. The number of hydrogen-bond donors (Lipinski definition) is 1. The largest absolute Gasteiger partial charge is 0.478 e. The molecule has 6 nitrogen and oxygen atoms in total. The average Bonchev–Trinajstić information content (AvgIpc) is 3.39. The van der Waals surface area contributed by atoms with Gasteiger partial charge in [-0.1, -0.05) is 79.7 Å². The number of carbonyl (C=O) groups excluding carboxylic acids is 1. The Bertz CT molecular complexity index is 1640. The maximum Gasteiger partial charge on any atom is 0.336 e. The maximum atomic E-state index is 12.9. The van der Waals surface area contributed by atoms with E-state index in [1.807, 2.05) is 96.4 Å². The average molecular weight is 505 g/mol. The highest BCUT2D eigenvalue weighted by Crippen LogP contribution is 2.31. The van der Waals surface area contributed by atoms with Crippen LogP contribution < -0.4 is 0 Å². The summed E-state index contributed by atoms with van der Waals surface area (Å²) in [5.74, 6) is -1.36. The van der Waals surface area contributed by atoms with Gasteiger partial charge in [0, 0.05) is 6.20 Å². The van der Waals surface area contributed by atoms with Crippen molar-refractivity contribution in [2.45, 2.75) is 33.3 Å². The van der Waals surface area contributed by atoms with E-state index in [1.54, 1.807) is 6.07 Å². The highest BCUT2D eigenvalue weighted by molar-refractivity contribution is 5.98. The van der Waals surface area contributed by atoms with E-state index in [2.05, 4.69) is 11.9 Å². The van der Waals surface area contributed by atoms with E-state index in [-0.39, 0.29) is 24.6 Å². The number of carboxylic acid groups (broad SMARTS) is 1. The summed E-state index contributed by atoms with van der Waals surface area (Å²) in [5, 5.41) is 9.92. The Kier molecular flexibility index (Phi) is 7.05. The van der Waals surface area contributed by atoms with Crippen LogP contribution in [-0.2, 0) is 29.0 Å². The summed E-state index contributed by atoms with van der Waals surface area (Å²) in [6.45, 7) is 4.20. The van der Waals surface area contributed by atoms with E-state index in [0.29, 0.717) is 5.56 Å². The summed E-state index contributed by atoms with van der Waals surface area (Å²) in [6.07, 6.45) is 2.88. The Balaban J connectivity index is 1.38. The minimum Gasteiger partial charge on any atom is -0.478 e. The molecular formula is C32H28N2O4. The minimum atomic E-state index is -1.00. The smallest absolute Gasteiger partial charge is 0.336 e. The van der Waals surface area contributed by atoms with Crippen LogP contribution in [0.25, 0.3) is 27.9 Å². The number of aromatic carboxylic acids is 1. The molecule has 0 saturated heterocycles. The number of aryl methyl sites for hydroxylation is 2. The first-order valence-electron chi connectivity index (χ1n) is 12.6. The van der Waals surface area contributed by atoms with Crippen molar-refractivity contribution < 1.29 is 19.4 Å². The molecule has 5 aromatic rings. The second-order valence-corrected chi connectivity index (χ2v) is 9.21. The molecule has 0 unspecified atom stereocenters. The van der Waals surface area contributed by atoms with Crippen molar-refractivity contribution in [2.75, 3.05) is 0 Å². The number of carboxylic acids is 1. The lowest BCUT2D eigenvalue weighted by molar-refractivity contribution is -0.144. The number of imidazole rings is 1. The molecule has 1 N–H and O–H groups in total. The Morgan fingerprint density at radius 2 is 1.66 bits per heavy atom. The van der Waals surface area contributed by atoms with E-state index in [1.165, 1.54) is 0 Å². The second kappa shape index (κ2) is 10.7. The van der Waals surface area contributed by atoms with Gasteiger partial charge in [0.25, 0.3) is 0 Å². The van der Waals surface area contributed by atoms with Gasteiger partial charge in [-0.15, -0.1) is 0 Å². The summed E-state index contributed by atoms with van der Waals surface area (Å²) in [7, 11) is 0. The van der Waals surface area contributed by atoms with Crippen LogP contribution in [0.5, 0.6) is 0 Å². The van der Waals surface area contributed by atoms with E-state index in [4.69, 9.17) is 4.74 Å². The SMILES string of the molecule is CCc1cn2c(COC(=O)Cc3ccccc3-c3ccc(-c4ccccc4)c(C(=O)O)c3)ccc(C)c2n1. The molecule has 0 spiro atoms. The maximum absolute atomic E-state index is 12.9. The van der Waals surface area contributed by atoms with Crippen molar-refractivity contribution in [2.24, 2.45) is 0 Å². The predicted molar refractivity (Wildman–Crippen MR) is 147 cm³/mol. The molecule has 0 saturated carbocycles. The molecule has 190 valence electrons. The Hall–Kier alpha value is -4.71. The molecule has 0 aliphatic rings. The van der Waals surface area contributed by atoms with Crippen LogP contribution in [0.15, 0.2) is 91.1 Å². The first-order chi connectivity index (χ1) is 18.4. The summed E-state index contributed by atoms with van der Waals surface area (Å²) in [6, 6.07) is 26.3. The molecule has 0 atom stereocenters. The number of hydrogen-bond acceptors (Lipinski definition) is 4. The highest BCUT2D eigenvalue weighted by atomic mass is 16.5. The van der Waals surface area contributed by atoms with Gasteiger partial charge in [-0.2, -0.15) is 0 Å². The highest BCUT2D eigenvalue weighted by Gasteiger charge is 2.17. The molecule has 0 bridgehead atoms. The summed E-state index contributed by atoms with van der Waals surface area (Å²) in [5.41, 5.74) is 7.76. The molecule has 0 aliphatic heterocycles. The topological polar surface area (TPSA) is 80.9 Å². The number of benzene rings is 3. The van der Waals surface area contributed by atoms with Crippen molar-refractivity contribution in [1.82, 2.24) is 9.38 Å². The van der Waals surface area contributed by atoms with Gasteiger partial charge in [0.15, 0.2) is 0 Å². The monoisotopic (exact) mass is 504 g/mol. The normalized spacial score (nSPS) is 11.0. The van der Waals surface area contributed by atoms with Crippen molar-refractivity contribution in [3.63, 3.8) is 0 Å². The molecule has 0 amide bonds. The number of ether oxygens (including phenoxy) is 1. The summed E-state index contributed by atoms with van der Waals surface area (Å²) < 4.78 is 7.65. The fourth-order valence-corrected chi connectivity index (χ4v) is 4.67. The minimum absolute atomic E-state index is 0.0676. The number of carbonyl (C=O) groups is 2. The molecule has 0 fully saturated rings. The fraction of sp³-hybridized carbons (Fsp3) is 0.156. The zero-order valence-corrected chi connectivity index (χ0v) is 21.3. The Labute approximate surface area is 221 Å². The van der Waals surface area contributed by atoms with Crippen LogP contribution in [0.4, 0.5) is 0 Å². The van der Waals surface area contributed by atoms with Crippen molar-refractivity contribution in [3.8, 4) is 22.3 Å². The molecular weight excluding hydrogens is 476 g/mol. The van der Waals surface area contributed by atoms with Crippen molar-refractivity contribution in [1.29, 1.82) is 0 Å². The molecule has 38 heavy (non-hydrogen) atoms. The molecule has 3 aromatic carbocycles. The third-order valence-electron chi connectivity index (χ3n) is 6.68. The lowest BCUT2D eigenvalue weighted by Crippen LogP contribution is -2.11. The predicted octanol–water partition coefficient (Wildman–Crippen LogP) is 6.52. The first kappa shape index (κ1) is 25.0. The second-order valence-electron chi connectivity index (χ2n) is 9.21. The van der Waals surface area contributed by atoms with Crippen LogP contribution >= 0.6 is 0 Å². The van der Waals surface area contributed by atoms with E-state index in [9.17, 15) is 14.7 Å².